The van der Waals surface area contributed by atoms with Crippen LogP contribution in [0.4, 0.5) is 47.3 Å². The summed E-state index contributed by atoms with van der Waals surface area (Å²) in [4.78, 5) is 76.1. The van der Waals surface area contributed by atoms with Gasteiger partial charge in [0.2, 0.25) is 5.91 Å². The SMILES string of the molecule is CCOc1ccc(C2SC(=NC(=O)OC(C)Cc3ccc(-c4ncn(-c5ccc(OC(F)(F)F)cc5)n4)cc3)N(c3c(C)cccc3CC)C2=O)cc1N1C(=O)CSC1=NC(=O)OC(C)Cc1ccc(-c2ncn(-c3ccc(OC(F)(F)F)cc3)n2)cc1. The first-order chi connectivity index (χ1) is 42.1. The fraction of sp³-hybridized carbons (Fsp3) is 0.246. The molecule has 0 aliphatic carbocycles. The van der Waals surface area contributed by atoms with Crippen LogP contribution in [0.15, 0.2) is 156 Å². The molecule has 19 nitrogen and oxygen atoms in total. The summed E-state index contributed by atoms with van der Waals surface area (Å²) in [5.74, 6) is -0.651. The number of para-hydroxylation sites is 1. The highest BCUT2D eigenvalue weighted by atomic mass is 32.2. The molecule has 0 spiro atoms. The van der Waals surface area contributed by atoms with Crippen LogP contribution in [0.3, 0.4) is 0 Å². The van der Waals surface area contributed by atoms with E-state index in [-0.39, 0.29) is 58.5 Å². The fourth-order valence-electron chi connectivity index (χ4n) is 9.59. The number of carbonyl (C=O) groups excluding carboxylic acids is 4. The van der Waals surface area contributed by atoms with Gasteiger partial charge in [0.15, 0.2) is 22.0 Å². The second kappa shape index (κ2) is 26.2. The maximum absolute atomic E-state index is 14.9. The van der Waals surface area contributed by atoms with Crippen LogP contribution in [0.5, 0.6) is 17.2 Å². The van der Waals surface area contributed by atoms with Gasteiger partial charge < -0.3 is 23.7 Å². The summed E-state index contributed by atoms with van der Waals surface area (Å²) in [5.41, 5.74) is 6.62. The molecular weight excluding hydrogens is 1190 g/mol. The minimum Gasteiger partial charge on any atom is -0.492 e. The minimum absolute atomic E-state index is 0.0225. The van der Waals surface area contributed by atoms with Gasteiger partial charge in [-0.15, -0.1) is 36.5 Å². The van der Waals surface area contributed by atoms with E-state index in [1.165, 1.54) is 80.3 Å². The number of ether oxygens (including phenoxy) is 5. The Morgan fingerprint density at radius 1 is 0.659 bits per heavy atom. The summed E-state index contributed by atoms with van der Waals surface area (Å²) >= 11 is 2.05. The van der Waals surface area contributed by atoms with Gasteiger partial charge in [0.05, 0.1) is 35.1 Å². The van der Waals surface area contributed by atoms with Crippen molar-refractivity contribution in [1.82, 2.24) is 29.5 Å². The van der Waals surface area contributed by atoms with Crippen LogP contribution in [-0.4, -0.2) is 101 Å². The van der Waals surface area contributed by atoms with E-state index in [4.69, 9.17) is 14.2 Å². The topological polar surface area (TPSA) is 207 Å². The molecule has 454 valence electrons. The number of amidine groups is 2. The smallest absolute Gasteiger partial charge is 0.492 e. The molecule has 10 rings (SSSR count). The lowest BCUT2D eigenvalue weighted by molar-refractivity contribution is -0.275. The second-order valence-corrected chi connectivity index (χ2v) is 21.9. The lowest BCUT2D eigenvalue weighted by atomic mass is 10.0. The Morgan fingerprint density at radius 3 is 1.66 bits per heavy atom. The molecule has 2 saturated heterocycles. The van der Waals surface area contributed by atoms with Crippen LogP contribution in [-0.2, 0) is 38.3 Å². The van der Waals surface area contributed by atoms with Crippen LogP contribution in [0.2, 0.25) is 0 Å². The number of rotatable bonds is 18. The number of thioether (sulfide) groups is 2. The monoisotopic (exact) mass is 1250 g/mol. The van der Waals surface area contributed by atoms with Crippen molar-refractivity contribution in [1.29, 1.82) is 0 Å². The molecule has 27 heteroatoms. The maximum atomic E-state index is 14.9. The van der Waals surface area contributed by atoms with Gasteiger partial charge in [0.1, 0.15) is 47.4 Å². The van der Waals surface area contributed by atoms with E-state index >= 15 is 0 Å². The van der Waals surface area contributed by atoms with E-state index in [0.29, 0.717) is 51.8 Å². The summed E-state index contributed by atoms with van der Waals surface area (Å²) in [5, 5.41) is 8.00. The third-order valence-electron chi connectivity index (χ3n) is 13.5. The Bertz CT molecular complexity index is 3940. The molecule has 0 saturated carbocycles. The molecule has 88 heavy (non-hydrogen) atoms. The largest absolute Gasteiger partial charge is 0.573 e. The third kappa shape index (κ3) is 14.8. The number of hydrogen-bond donors (Lipinski definition) is 0. The average Bonchev–Trinajstić information content (AvgIpc) is 2.13. The Labute approximate surface area is 507 Å². The number of hydrogen-bond acceptors (Lipinski definition) is 15. The summed E-state index contributed by atoms with van der Waals surface area (Å²) in [6.07, 6.45) is -8.90. The van der Waals surface area contributed by atoms with E-state index in [1.807, 2.05) is 56.3 Å². The lowest BCUT2D eigenvalue weighted by Gasteiger charge is -2.23. The lowest BCUT2D eigenvalue weighted by Crippen LogP contribution is -2.33. The van der Waals surface area contributed by atoms with Crippen molar-refractivity contribution in [3.05, 3.63) is 174 Å². The Balaban J connectivity index is 0.811. The number of nitrogens with zero attached hydrogens (tertiary/aromatic N) is 10. The molecule has 2 aromatic heterocycles. The van der Waals surface area contributed by atoms with Crippen LogP contribution in [0, 0.1) is 6.92 Å². The van der Waals surface area contributed by atoms with E-state index < -0.39 is 54.2 Å². The molecule has 4 heterocycles. The molecule has 8 aromatic rings. The first-order valence-electron chi connectivity index (χ1n) is 27.2. The van der Waals surface area contributed by atoms with E-state index in [1.54, 1.807) is 63.2 Å². The van der Waals surface area contributed by atoms with Gasteiger partial charge in [-0.2, -0.15) is 9.98 Å². The van der Waals surface area contributed by atoms with Crippen molar-refractivity contribution in [3.63, 3.8) is 0 Å². The van der Waals surface area contributed by atoms with Crippen molar-refractivity contribution in [2.75, 3.05) is 22.2 Å². The standard InChI is InChI=1S/C61H52F6N10O9S2/c1-6-40-10-8-9-35(3)51(40)77-55(79)52(88-57(77)71-59(81)84-37(5)30-39-13-17-42(18-14-39)54-69-34-75(73-54)45-22-26-47(27-23-45)86-61(65,66)67)43-19-28-49(82-7-2)48(31-43)76-50(78)32-87-56(76)70-58(80)83-36(4)29-38-11-15-41(16-12-38)53-68-33-74(72-53)44-20-24-46(25-21-44)85-60(62,63)64/h8-28,31,33-34,36-37,52H,6-7,29-30,32H2,1-5H3. The normalized spacial score (nSPS) is 16.1. The second-order valence-electron chi connectivity index (χ2n) is 19.9. The quantitative estimate of drug-likeness (QED) is 0.0732. The van der Waals surface area contributed by atoms with Gasteiger partial charge in [-0.3, -0.25) is 19.4 Å². The van der Waals surface area contributed by atoms with E-state index in [2.05, 4.69) is 39.6 Å². The molecule has 6 aromatic carbocycles. The Kier molecular flexibility index (Phi) is 18.4. The zero-order chi connectivity index (χ0) is 62.4. The highest BCUT2D eigenvalue weighted by Crippen LogP contribution is 2.47. The molecule has 2 aliphatic rings. The number of anilines is 2. The molecule has 0 bridgehead atoms. The first kappa shape index (κ1) is 61.6. The third-order valence-corrected chi connectivity index (χ3v) is 15.6. The van der Waals surface area contributed by atoms with E-state index in [0.717, 1.165) is 45.8 Å². The molecule has 0 radical (unpaired) electrons. The van der Waals surface area contributed by atoms with Crippen LogP contribution in [0.1, 0.15) is 60.8 Å². The summed E-state index contributed by atoms with van der Waals surface area (Å²) in [6.45, 7) is 9.18. The molecular formula is C61H52F6N10O9S2. The van der Waals surface area contributed by atoms with Gasteiger partial charge in [-0.1, -0.05) is 103 Å². The number of carbonyl (C=O) groups is 4. The number of alkyl halides is 6. The predicted octanol–water partition coefficient (Wildman–Crippen LogP) is 13.4. The molecule has 2 fully saturated rings. The van der Waals surface area contributed by atoms with Gasteiger partial charge in [0, 0.05) is 24.0 Å². The number of aliphatic imine (C=N–C) groups is 2. The predicted molar refractivity (Wildman–Crippen MR) is 317 cm³/mol. The number of benzene rings is 6. The van der Waals surface area contributed by atoms with Crippen LogP contribution < -0.4 is 24.0 Å². The summed E-state index contributed by atoms with van der Waals surface area (Å²) in [7, 11) is 0. The molecule has 0 N–H and O–H groups in total. The number of amides is 4. The van der Waals surface area contributed by atoms with Gasteiger partial charge >= 0.3 is 24.9 Å². The summed E-state index contributed by atoms with van der Waals surface area (Å²) in [6, 6.07) is 35.3. The Morgan fingerprint density at radius 2 is 1.17 bits per heavy atom. The highest BCUT2D eigenvalue weighted by Gasteiger charge is 2.43. The molecule has 3 atom stereocenters. The van der Waals surface area contributed by atoms with Crippen molar-refractivity contribution in [3.8, 4) is 51.4 Å². The van der Waals surface area contributed by atoms with Gasteiger partial charge in [-0.05, 0) is 123 Å². The van der Waals surface area contributed by atoms with Gasteiger partial charge in [-0.25, -0.2) is 28.9 Å². The number of halogens is 6. The number of aromatic nitrogens is 6. The maximum Gasteiger partial charge on any atom is 0.573 e. The molecule has 3 unspecified atom stereocenters. The van der Waals surface area contributed by atoms with Crippen molar-refractivity contribution < 1.29 is 69.2 Å². The zero-order valence-corrected chi connectivity index (χ0v) is 49.0. The van der Waals surface area contributed by atoms with Crippen molar-refractivity contribution in [2.24, 2.45) is 9.98 Å². The number of aryl methyl sites for hydroxylation is 2. The first-order valence-corrected chi connectivity index (χ1v) is 29.1. The van der Waals surface area contributed by atoms with Crippen LogP contribution in [0.25, 0.3) is 34.2 Å². The zero-order valence-electron chi connectivity index (χ0n) is 47.4. The fourth-order valence-corrected chi connectivity index (χ4v) is 11.6. The molecule has 2 aliphatic heterocycles. The van der Waals surface area contributed by atoms with Crippen LogP contribution >= 0.6 is 23.5 Å². The van der Waals surface area contributed by atoms with Gasteiger partial charge in [0.25, 0.3) is 5.91 Å². The highest BCUT2D eigenvalue weighted by molar-refractivity contribution is 8.16. The van der Waals surface area contributed by atoms with Crippen molar-refractivity contribution in [2.45, 2.75) is 84.1 Å². The Hall–Kier alpha value is -9.50. The van der Waals surface area contributed by atoms with Crippen molar-refractivity contribution >= 4 is 69.2 Å². The average molecular weight is 1250 g/mol. The minimum atomic E-state index is -4.82. The summed E-state index contributed by atoms with van der Waals surface area (Å²) < 4.78 is 104. The molecule has 4 amide bonds. The van der Waals surface area contributed by atoms with E-state index in [9.17, 15) is 45.5 Å².